The molecule has 2 aromatic rings. The molecule has 0 heterocycles. The molecule has 0 aliphatic carbocycles. The van der Waals surface area contributed by atoms with Crippen LogP contribution in [-0.4, -0.2) is 0 Å². The summed E-state index contributed by atoms with van der Waals surface area (Å²) < 4.78 is 0. The van der Waals surface area contributed by atoms with Gasteiger partial charge >= 0.3 is 0 Å². The van der Waals surface area contributed by atoms with Crippen molar-refractivity contribution in [1.29, 1.82) is 5.26 Å². The molecule has 90 valence electrons. The fraction of sp³-hybridized carbons (Fsp3) is 0.133. The standard InChI is InChI=1S/C15H15N3/c1-11-5-6-15(13(7-11)9-16)18-10-12-3-2-4-14(17)8-12/h2-8,18H,10,17H2,1H3. The zero-order valence-corrected chi connectivity index (χ0v) is 10.3. The van der Waals surface area contributed by atoms with Crippen LogP contribution in [-0.2, 0) is 6.54 Å². The number of benzene rings is 2. The lowest BCUT2D eigenvalue weighted by molar-refractivity contribution is 1.15. The number of nitrogens with two attached hydrogens (primary N) is 1. The largest absolute Gasteiger partial charge is 0.399 e. The summed E-state index contributed by atoms with van der Waals surface area (Å²) in [4.78, 5) is 0. The first-order valence-electron chi connectivity index (χ1n) is 5.78. The van der Waals surface area contributed by atoms with Crippen LogP contribution >= 0.6 is 0 Å². The lowest BCUT2D eigenvalue weighted by atomic mass is 10.1. The van der Waals surface area contributed by atoms with Gasteiger partial charge in [0, 0.05) is 12.2 Å². The molecule has 2 aromatic carbocycles. The second-order valence-electron chi connectivity index (χ2n) is 4.26. The maximum Gasteiger partial charge on any atom is 0.101 e. The molecule has 2 rings (SSSR count). The molecule has 18 heavy (non-hydrogen) atoms. The normalized spacial score (nSPS) is 9.78. The van der Waals surface area contributed by atoms with Gasteiger partial charge in [-0.2, -0.15) is 5.26 Å². The van der Waals surface area contributed by atoms with E-state index in [9.17, 15) is 0 Å². The highest BCUT2D eigenvalue weighted by molar-refractivity contribution is 5.58. The molecule has 0 radical (unpaired) electrons. The Balaban J connectivity index is 2.14. The topological polar surface area (TPSA) is 61.8 Å². The Labute approximate surface area is 107 Å². The van der Waals surface area contributed by atoms with Crippen molar-refractivity contribution in [3.8, 4) is 6.07 Å². The Hall–Kier alpha value is -2.47. The minimum Gasteiger partial charge on any atom is -0.399 e. The van der Waals surface area contributed by atoms with Crippen molar-refractivity contribution in [2.24, 2.45) is 0 Å². The number of hydrogen-bond acceptors (Lipinski definition) is 3. The number of nitriles is 1. The van der Waals surface area contributed by atoms with Crippen LogP contribution in [0.1, 0.15) is 16.7 Å². The molecule has 0 aliphatic rings. The summed E-state index contributed by atoms with van der Waals surface area (Å²) in [6.45, 7) is 2.63. The zero-order chi connectivity index (χ0) is 13.0. The quantitative estimate of drug-likeness (QED) is 0.806. The van der Waals surface area contributed by atoms with Gasteiger partial charge in [0.25, 0.3) is 0 Å². The highest BCUT2D eigenvalue weighted by Gasteiger charge is 2.02. The van der Waals surface area contributed by atoms with Gasteiger partial charge in [0.15, 0.2) is 0 Å². The molecule has 0 fully saturated rings. The molecule has 0 unspecified atom stereocenters. The van der Waals surface area contributed by atoms with E-state index in [1.807, 2.05) is 49.4 Å². The number of aryl methyl sites for hydroxylation is 1. The zero-order valence-electron chi connectivity index (χ0n) is 10.3. The Morgan fingerprint density at radius 1 is 1.22 bits per heavy atom. The summed E-state index contributed by atoms with van der Waals surface area (Å²) in [7, 11) is 0. The van der Waals surface area contributed by atoms with Crippen molar-refractivity contribution >= 4 is 11.4 Å². The van der Waals surface area contributed by atoms with Crippen molar-refractivity contribution in [3.63, 3.8) is 0 Å². The van der Waals surface area contributed by atoms with Gasteiger partial charge in [-0.25, -0.2) is 0 Å². The van der Waals surface area contributed by atoms with Gasteiger partial charge in [-0.05, 0) is 42.3 Å². The average molecular weight is 237 g/mol. The summed E-state index contributed by atoms with van der Waals surface area (Å²) >= 11 is 0. The third-order valence-electron chi connectivity index (χ3n) is 2.73. The maximum atomic E-state index is 9.07. The van der Waals surface area contributed by atoms with Crippen molar-refractivity contribution in [2.75, 3.05) is 11.1 Å². The summed E-state index contributed by atoms with van der Waals surface area (Å²) in [5.41, 5.74) is 10.2. The van der Waals surface area contributed by atoms with Crippen LogP contribution in [0.3, 0.4) is 0 Å². The van der Waals surface area contributed by atoms with Gasteiger partial charge in [0.05, 0.1) is 11.3 Å². The Bertz CT molecular complexity index is 597. The minimum absolute atomic E-state index is 0.656. The Kier molecular flexibility index (Phi) is 3.49. The van der Waals surface area contributed by atoms with E-state index in [2.05, 4.69) is 11.4 Å². The van der Waals surface area contributed by atoms with Crippen LogP contribution in [0.5, 0.6) is 0 Å². The van der Waals surface area contributed by atoms with Crippen molar-refractivity contribution in [3.05, 3.63) is 59.2 Å². The highest BCUT2D eigenvalue weighted by atomic mass is 14.9. The van der Waals surface area contributed by atoms with Crippen LogP contribution in [0.15, 0.2) is 42.5 Å². The van der Waals surface area contributed by atoms with Crippen LogP contribution in [0.2, 0.25) is 0 Å². The predicted octanol–water partition coefficient (Wildman–Crippen LogP) is 3.06. The summed E-state index contributed by atoms with van der Waals surface area (Å²) in [5, 5.41) is 12.3. The molecule has 0 saturated heterocycles. The Morgan fingerprint density at radius 2 is 2.06 bits per heavy atom. The number of nitrogen functional groups attached to an aromatic ring is 1. The van der Waals surface area contributed by atoms with E-state index in [-0.39, 0.29) is 0 Å². The van der Waals surface area contributed by atoms with Crippen LogP contribution < -0.4 is 11.1 Å². The van der Waals surface area contributed by atoms with E-state index in [1.54, 1.807) is 0 Å². The van der Waals surface area contributed by atoms with E-state index >= 15 is 0 Å². The molecular formula is C15H15N3. The van der Waals surface area contributed by atoms with Gasteiger partial charge in [-0.15, -0.1) is 0 Å². The van der Waals surface area contributed by atoms with Crippen molar-refractivity contribution in [2.45, 2.75) is 13.5 Å². The summed E-state index contributed by atoms with van der Waals surface area (Å²) in [6, 6.07) is 15.7. The molecule has 0 atom stereocenters. The first kappa shape index (κ1) is 12.0. The van der Waals surface area contributed by atoms with E-state index in [4.69, 9.17) is 11.0 Å². The van der Waals surface area contributed by atoms with E-state index < -0.39 is 0 Å². The lowest BCUT2D eigenvalue weighted by Crippen LogP contribution is -2.02. The van der Waals surface area contributed by atoms with E-state index in [0.717, 1.165) is 22.5 Å². The van der Waals surface area contributed by atoms with Crippen LogP contribution in [0.4, 0.5) is 11.4 Å². The SMILES string of the molecule is Cc1ccc(NCc2cccc(N)c2)c(C#N)c1. The molecule has 0 aliphatic heterocycles. The summed E-state index contributed by atoms with van der Waals surface area (Å²) in [6.07, 6.45) is 0. The molecule has 3 heteroatoms. The first-order chi connectivity index (χ1) is 8.69. The summed E-state index contributed by atoms with van der Waals surface area (Å²) in [5.74, 6) is 0. The molecule has 0 amide bonds. The van der Waals surface area contributed by atoms with Crippen molar-refractivity contribution in [1.82, 2.24) is 0 Å². The number of hydrogen-bond donors (Lipinski definition) is 2. The molecular weight excluding hydrogens is 222 g/mol. The number of nitrogens with zero attached hydrogens (tertiary/aromatic N) is 1. The van der Waals surface area contributed by atoms with Gasteiger partial charge in [-0.1, -0.05) is 18.2 Å². The molecule has 3 N–H and O–H groups in total. The minimum atomic E-state index is 0.656. The molecule has 3 nitrogen and oxygen atoms in total. The predicted molar refractivity (Wildman–Crippen MR) is 74.1 cm³/mol. The van der Waals surface area contributed by atoms with Crippen molar-refractivity contribution < 1.29 is 0 Å². The van der Waals surface area contributed by atoms with Gasteiger partial charge in [0.1, 0.15) is 6.07 Å². The van der Waals surface area contributed by atoms with Gasteiger partial charge < -0.3 is 11.1 Å². The molecule has 0 aromatic heterocycles. The first-order valence-corrected chi connectivity index (χ1v) is 5.78. The number of nitrogens with one attached hydrogen (secondary N) is 1. The third-order valence-corrected chi connectivity index (χ3v) is 2.73. The monoisotopic (exact) mass is 237 g/mol. The van der Waals surface area contributed by atoms with Gasteiger partial charge in [-0.3, -0.25) is 0 Å². The Morgan fingerprint density at radius 3 is 2.78 bits per heavy atom. The number of rotatable bonds is 3. The number of anilines is 2. The fourth-order valence-corrected chi connectivity index (χ4v) is 1.81. The second-order valence-corrected chi connectivity index (χ2v) is 4.26. The lowest BCUT2D eigenvalue weighted by Gasteiger charge is -2.09. The third kappa shape index (κ3) is 2.80. The second kappa shape index (κ2) is 5.24. The van der Waals surface area contributed by atoms with Crippen LogP contribution in [0, 0.1) is 18.3 Å². The molecule has 0 spiro atoms. The van der Waals surface area contributed by atoms with E-state index in [1.165, 1.54) is 0 Å². The maximum absolute atomic E-state index is 9.07. The fourth-order valence-electron chi connectivity index (χ4n) is 1.81. The smallest absolute Gasteiger partial charge is 0.101 e. The molecule has 0 bridgehead atoms. The molecule has 0 saturated carbocycles. The highest BCUT2D eigenvalue weighted by Crippen LogP contribution is 2.17. The van der Waals surface area contributed by atoms with Gasteiger partial charge in [0.2, 0.25) is 0 Å². The van der Waals surface area contributed by atoms with Crippen LogP contribution in [0.25, 0.3) is 0 Å². The average Bonchev–Trinajstić information content (AvgIpc) is 2.37. The van der Waals surface area contributed by atoms with E-state index in [0.29, 0.717) is 12.1 Å².